The van der Waals surface area contributed by atoms with E-state index in [0.29, 0.717) is 12.6 Å². The predicted molar refractivity (Wildman–Crippen MR) is 78.4 cm³/mol. The zero-order chi connectivity index (χ0) is 13.0. The standard InChI is InChI=1S/C13H17BrN2OS/c1-10-3-2-8-16(10)13(17)9-15-18-12-6-4-11(14)5-7-12/h4-7,10,15H,2-3,8-9H2,1H3/t10-/m1/s1. The Hall–Kier alpha value is -0.520. The molecule has 1 amide bonds. The third-order valence-electron chi connectivity index (χ3n) is 3.10. The van der Waals surface area contributed by atoms with E-state index in [4.69, 9.17) is 0 Å². The number of likely N-dealkylation sites (tertiary alicyclic amines) is 1. The van der Waals surface area contributed by atoms with Gasteiger partial charge in [-0.25, -0.2) is 0 Å². The molecule has 18 heavy (non-hydrogen) atoms. The summed E-state index contributed by atoms with van der Waals surface area (Å²) in [5.41, 5.74) is 0. The van der Waals surface area contributed by atoms with Gasteiger partial charge in [-0.1, -0.05) is 15.9 Å². The fourth-order valence-corrected chi connectivity index (χ4v) is 2.99. The number of carbonyl (C=O) groups is 1. The van der Waals surface area contributed by atoms with E-state index in [1.165, 1.54) is 11.9 Å². The van der Waals surface area contributed by atoms with E-state index in [9.17, 15) is 4.79 Å². The van der Waals surface area contributed by atoms with Crippen LogP contribution in [-0.2, 0) is 4.79 Å². The maximum Gasteiger partial charge on any atom is 0.237 e. The maximum atomic E-state index is 11.9. The molecule has 0 saturated carbocycles. The normalized spacial score (nSPS) is 19.2. The molecule has 1 atom stereocenters. The molecule has 1 aliphatic heterocycles. The molecule has 3 nitrogen and oxygen atoms in total. The van der Waals surface area contributed by atoms with Crippen molar-refractivity contribution in [2.45, 2.75) is 30.7 Å². The van der Waals surface area contributed by atoms with Gasteiger partial charge in [0, 0.05) is 22.0 Å². The maximum absolute atomic E-state index is 11.9. The topological polar surface area (TPSA) is 32.3 Å². The molecule has 1 heterocycles. The lowest BCUT2D eigenvalue weighted by Gasteiger charge is -2.21. The third kappa shape index (κ3) is 3.73. The van der Waals surface area contributed by atoms with Crippen molar-refractivity contribution >= 4 is 33.8 Å². The van der Waals surface area contributed by atoms with Gasteiger partial charge in [0.25, 0.3) is 0 Å². The number of rotatable bonds is 4. The molecule has 1 aromatic rings. The van der Waals surface area contributed by atoms with Crippen molar-refractivity contribution in [3.63, 3.8) is 0 Å². The van der Waals surface area contributed by atoms with Crippen LogP contribution in [0.2, 0.25) is 0 Å². The van der Waals surface area contributed by atoms with E-state index in [2.05, 4.69) is 27.6 Å². The number of nitrogens with zero attached hydrogens (tertiary/aromatic N) is 1. The van der Waals surface area contributed by atoms with Crippen molar-refractivity contribution in [3.8, 4) is 0 Å². The van der Waals surface area contributed by atoms with Crippen LogP contribution in [0.3, 0.4) is 0 Å². The molecule has 0 radical (unpaired) electrons. The Bertz CT molecular complexity index is 410. The number of benzene rings is 1. The van der Waals surface area contributed by atoms with Gasteiger partial charge in [0.2, 0.25) is 5.91 Å². The summed E-state index contributed by atoms with van der Waals surface area (Å²) in [4.78, 5) is 15.0. The van der Waals surface area contributed by atoms with E-state index in [0.717, 1.165) is 28.8 Å². The van der Waals surface area contributed by atoms with Gasteiger partial charge in [-0.15, -0.1) is 0 Å². The fourth-order valence-electron chi connectivity index (χ4n) is 2.09. The number of halogens is 1. The van der Waals surface area contributed by atoms with Crippen LogP contribution in [0.1, 0.15) is 19.8 Å². The Morgan fingerprint density at radius 1 is 1.50 bits per heavy atom. The Balaban J connectivity index is 1.75. The first-order chi connectivity index (χ1) is 8.66. The first-order valence-corrected chi connectivity index (χ1v) is 7.72. The Kier molecular flexibility index (Phi) is 5.09. The number of hydrogen-bond donors (Lipinski definition) is 1. The zero-order valence-electron chi connectivity index (χ0n) is 10.4. The molecule has 98 valence electrons. The quantitative estimate of drug-likeness (QED) is 0.862. The van der Waals surface area contributed by atoms with Gasteiger partial charge in [0.1, 0.15) is 0 Å². The minimum Gasteiger partial charge on any atom is -0.339 e. The van der Waals surface area contributed by atoms with Gasteiger partial charge in [-0.3, -0.25) is 9.52 Å². The summed E-state index contributed by atoms with van der Waals surface area (Å²) in [5.74, 6) is 0.199. The molecular formula is C13H17BrN2OS. The molecule has 1 saturated heterocycles. The highest BCUT2D eigenvalue weighted by molar-refractivity contribution is 9.10. The molecule has 0 aromatic heterocycles. The highest BCUT2D eigenvalue weighted by Gasteiger charge is 2.24. The van der Waals surface area contributed by atoms with E-state index in [-0.39, 0.29) is 5.91 Å². The first kappa shape index (κ1) is 13.9. The highest BCUT2D eigenvalue weighted by Crippen LogP contribution is 2.19. The Labute approximate surface area is 121 Å². The second kappa shape index (κ2) is 6.59. The zero-order valence-corrected chi connectivity index (χ0v) is 12.8. The summed E-state index contributed by atoms with van der Waals surface area (Å²) in [6, 6.07) is 8.43. The van der Waals surface area contributed by atoms with Crippen LogP contribution < -0.4 is 4.72 Å². The van der Waals surface area contributed by atoms with Gasteiger partial charge in [-0.2, -0.15) is 0 Å². The van der Waals surface area contributed by atoms with Crippen molar-refractivity contribution in [3.05, 3.63) is 28.7 Å². The molecule has 1 aromatic carbocycles. The third-order valence-corrected chi connectivity index (χ3v) is 4.43. The second-order valence-electron chi connectivity index (χ2n) is 4.46. The average molecular weight is 329 g/mol. The molecule has 5 heteroatoms. The van der Waals surface area contributed by atoms with Gasteiger partial charge >= 0.3 is 0 Å². The van der Waals surface area contributed by atoms with Crippen molar-refractivity contribution in [2.75, 3.05) is 13.1 Å². The lowest BCUT2D eigenvalue weighted by molar-refractivity contribution is -0.130. The van der Waals surface area contributed by atoms with Gasteiger partial charge in [0.05, 0.1) is 6.54 Å². The first-order valence-electron chi connectivity index (χ1n) is 6.11. The van der Waals surface area contributed by atoms with Crippen LogP contribution in [0.4, 0.5) is 0 Å². The highest BCUT2D eigenvalue weighted by atomic mass is 79.9. The molecule has 0 unspecified atom stereocenters. The van der Waals surface area contributed by atoms with Gasteiger partial charge < -0.3 is 4.90 Å². The van der Waals surface area contributed by atoms with Crippen molar-refractivity contribution in [1.29, 1.82) is 0 Å². The summed E-state index contributed by atoms with van der Waals surface area (Å²) in [6.45, 7) is 3.42. The number of carbonyl (C=O) groups excluding carboxylic acids is 1. The fraction of sp³-hybridized carbons (Fsp3) is 0.462. The molecule has 1 aliphatic rings. The van der Waals surface area contributed by atoms with E-state index in [1.54, 1.807) is 0 Å². The minimum absolute atomic E-state index is 0.199. The number of nitrogens with one attached hydrogen (secondary N) is 1. The van der Waals surface area contributed by atoms with E-state index in [1.807, 2.05) is 29.2 Å². The summed E-state index contributed by atoms with van der Waals surface area (Å²) in [7, 11) is 0. The van der Waals surface area contributed by atoms with Gasteiger partial charge in [0.15, 0.2) is 0 Å². The number of hydrogen-bond acceptors (Lipinski definition) is 3. The Morgan fingerprint density at radius 3 is 2.83 bits per heavy atom. The lowest BCUT2D eigenvalue weighted by atomic mass is 10.2. The lowest BCUT2D eigenvalue weighted by Crippen LogP contribution is -2.38. The molecule has 1 fully saturated rings. The molecule has 0 bridgehead atoms. The van der Waals surface area contributed by atoms with Gasteiger partial charge in [-0.05, 0) is 56.0 Å². The molecule has 2 rings (SSSR count). The second-order valence-corrected chi connectivity index (χ2v) is 6.34. The van der Waals surface area contributed by atoms with E-state index < -0.39 is 0 Å². The van der Waals surface area contributed by atoms with Crippen LogP contribution in [0.25, 0.3) is 0 Å². The van der Waals surface area contributed by atoms with Crippen LogP contribution in [0.5, 0.6) is 0 Å². The molecule has 0 spiro atoms. The Morgan fingerprint density at radius 2 is 2.22 bits per heavy atom. The minimum atomic E-state index is 0.199. The summed E-state index contributed by atoms with van der Waals surface area (Å²) in [6.07, 6.45) is 2.26. The van der Waals surface area contributed by atoms with Crippen molar-refractivity contribution in [2.24, 2.45) is 0 Å². The van der Waals surface area contributed by atoms with Crippen LogP contribution in [0, 0.1) is 0 Å². The SMILES string of the molecule is C[C@@H]1CCCN1C(=O)CNSc1ccc(Br)cc1. The molecule has 1 N–H and O–H groups in total. The predicted octanol–water partition coefficient (Wildman–Crippen LogP) is 3.06. The van der Waals surface area contributed by atoms with Crippen LogP contribution >= 0.6 is 27.9 Å². The largest absolute Gasteiger partial charge is 0.339 e. The monoisotopic (exact) mass is 328 g/mol. The summed E-state index contributed by atoms with van der Waals surface area (Å²) < 4.78 is 4.19. The smallest absolute Gasteiger partial charge is 0.237 e. The van der Waals surface area contributed by atoms with Crippen molar-refractivity contribution < 1.29 is 4.79 Å². The average Bonchev–Trinajstić information content (AvgIpc) is 2.78. The van der Waals surface area contributed by atoms with E-state index >= 15 is 0 Å². The summed E-state index contributed by atoms with van der Waals surface area (Å²) >= 11 is 4.90. The summed E-state index contributed by atoms with van der Waals surface area (Å²) in [5, 5.41) is 0. The molecule has 0 aliphatic carbocycles. The van der Waals surface area contributed by atoms with Crippen molar-refractivity contribution in [1.82, 2.24) is 9.62 Å². The molecular weight excluding hydrogens is 312 g/mol. The van der Waals surface area contributed by atoms with Crippen LogP contribution in [0.15, 0.2) is 33.6 Å². The number of amides is 1. The van der Waals surface area contributed by atoms with Crippen LogP contribution in [-0.4, -0.2) is 29.9 Å².